The molecule has 1 amide bonds. The number of carbonyl (C=O) groups is 1. The first-order valence-electron chi connectivity index (χ1n) is 11.8. The van der Waals surface area contributed by atoms with E-state index in [0.717, 1.165) is 22.4 Å². The zero-order valence-electron chi connectivity index (χ0n) is 22.2. The van der Waals surface area contributed by atoms with Crippen molar-refractivity contribution in [2.75, 3.05) is 20.7 Å². The average molecular weight is 483 g/mol. The van der Waals surface area contributed by atoms with Crippen LogP contribution in [0.2, 0.25) is 0 Å². The second kappa shape index (κ2) is 11.3. The van der Waals surface area contributed by atoms with E-state index in [2.05, 4.69) is 30.8 Å². The molecule has 2 rings (SSSR count). The Morgan fingerprint density at radius 2 is 1.83 bits per heavy atom. The third-order valence-corrected chi connectivity index (χ3v) is 5.77. The van der Waals surface area contributed by atoms with Crippen molar-refractivity contribution in [3.8, 4) is 11.5 Å². The number of amides is 1. The van der Waals surface area contributed by atoms with Gasteiger partial charge in [-0.2, -0.15) is 0 Å². The van der Waals surface area contributed by atoms with Crippen molar-refractivity contribution < 1.29 is 19.6 Å². The molecule has 0 radical (unpaired) electrons. The Morgan fingerprint density at radius 3 is 2.37 bits per heavy atom. The van der Waals surface area contributed by atoms with Crippen LogP contribution in [0.3, 0.4) is 0 Å². The molecule has 8 nitrogen and oxygen atoms in total. The Labute approximate surface area is 208 Å². The molecule has 2 aromatic rings. The number of aryl methyl sites for hydroxylation is 2. The summed E-state index contributed by atoms with van der Waals surface area (Å²) in [5, 5.41) is 10.9. The topological polar surface area (TPSA) is 128 Å². The molecule has 190 valence electrons. The Morgan fingerprint density at radius 1 is 1.17 bits per heavy atom. The maximum Gasteiger partial charge on any atom is 0.309 e. The second-order valence-electron chi connectivity index (χ2n) is 9.83. The Kier molecular flexibility index (Phi) is 8.90. The number of benzene rings is 2. The minimum absolute atomic E-state index is 0.0131. The largest absolute Gasteiger partial charge is 0.505 e. The second-order valence-corrected chi connectivity index (χ2v) is 9.83. The monoisotopic (exact) mass is 482 g/mol. The summed E-state index contributed by atoms with van der Waals surface area (Å²) in [6, 6.07) is 9.28. The van der Waals surface area contributed by atoms with Crippen LogP contribution in [0.5, 0.6) is 11.5 Å². The number of phenolic OH excluding ortho intramolecular Hbond substituents is 1. The molecule has 0 saturated carbocycles. The SMILES string of the molecule is CCOc1cc([C@H]([NH+]=C(N)C(N)=Nc2ccc(CC)c(C(=O)N(C)C)c2O)C(C)(C)C)ccc1C. The molecule has 0 bridgehead atoms. The van der Waals surface area contributed by atoms with Gasteiger partial charge >= 0.3 is 5.84 Å². The molecule has 0 unspecified atom stereocenters. The fourth-order valence-corrected chi connectivity index (χ4v) is 3.80. The Hall–Kier alpha value is -3.55. The highest BCUT2D eigenvalue weighted by Gasteiger charge is 2.30. The van der Waals surface area contributed by atoms with Crippen molar-refractivity contribution in [3.05, 3.63) is 52.6 Å². The van der Waals surface area contributed by atoms with Crippen molar-refractivity contribution in [1.29, 1.82) is 0 Å². The molecule has 8 heteroatoms. The summed E-state index contributed by atoms with van der Waals surface area (Å²) in [5.74, 6) is 0.482. The van der Waals surface area contributed by atoms with Crippen LogP contribution < -0.4 is 21.2 Å². The molecule has 0 fully saturated rings. The first kappa shape index (κ1) is 27.7. The quantitative estimate of drug-likeness (QED) is 0.356. The highest BCUT2D eigenvalue weighted by atomic mass is 16.5. The molecule has 0 aliphatic rings. The van der Waals surface area contributed by atoms with Crippen LogP contribution in [0, 0.1) is 12.3 Å². The van der Waals surface area contributed by atoms with Crippen molar-refractivity contribution in [1.82, 2.24) is 4.90 Å². The predicted molar refractivity (Wildman–Crippen MR) is 141 cm³/mol. The zero-order chi connectivity index (χ0) is 26.5. The number of amidine groups is 2. The molecule has 2 aromatic carbocycles. The number of rotatable bonds is 7. The van der Waals surface area contributed by atoms with Crippen LogP contribution in [0.25, 0.3) is 0 Å². The highest BCUT2D eigenvalue weighted by molar-refractivity contribution is 6.37. The number of hydrogen-bond donors (Lipinski definition) is 4. The number of carbonyl (C=O) groups excluding carboxylic acids is 1. The van der Waals surface area contributed by atoms with Crippen LogP contribution >= 0.6 is 0 Å². The number of aromatic hydroxyl groups is 1. The molecular weight excluding hydrogens is 442 g/mol. The minimum Gasteiger partial charge on any atom is -0.505 e. The number of nitrogens with one attached hydrogen (secondary N) is 1. The maximum atomic E-state index is 12.7. The van der Waals surface area contributed by atoms with Crippen molar-refractivity contribution >= 4 is 23.3 Å². The summed E-state index contributed by atoms with van der Waals surface area (Å²) in [6.45, 7) is 12.7. The van der Waals surface area contributed by atoms with Gasteiger partial charge in [-0.3, -0.25) is 15.5 Å². The summed E-state index contributed by atoms with van der Waals surface area (Å²) in [7, 11) is 3.27. The van der Waals surface area contributed by atoms with Gasteiger partial charge in [-0.15, -0.1) is 0 Å². The van der Waals surface area contributed by atoms with E-state index in [1.165, 1.54) is 4.90 Å². The van der Waals surface area contributed by atoms with E-state index >= 15 is 0 Å². The zero-order valence-corrected chi connectivity index (χ0v) is 22.2. The molecule has 0 spiro atoms. The van der Waals surface area contributed by atoms with Gasteiger partial charge in [0.15, 0.2) is 5.75 Å². The van der Waals surface area contributed by atoms with Gasteiger partial charge in [-0.05, 0) is 43.5 Å². The molecular formula is C27H40N5O3+. The summed E-state index contributed by atoms with van der Waals surface area (Å²) in [6.07, 6.45) is 0.589. The van der Waals surface area contributed by atoms with Crippen molar-refractivity contribution in [2.45, 2.75) is 54.0 Å². The van der Waals surface area contributed by atoms with Gasteiger partial charge in [-0.25, -0.2) is 4.99 Å². The summed E-state index contributed by atoms with van der Waals surface area (Å²) < 4.78 is 5.78. The maximum absolute atomic E-state index is 12.7. The summed E-state index contributed by atoms with van der Waals surface area (Å²) in [4.78, 5) is 21.7. The van der Waals surface area contributed by atoms with Gasteiger partial charge in [0.25, 0.3) is 5.91 Å². The number of phenols is 1. The smallest absolute Gasteiger partial charge is 0.309 e. The minimum atomic E-state index is -0.303. The number of nitrogens with two attached hydrogens (primary N) is 2. The summed E-state index contributed by atoms with van der Waals surface area (Å²) in [5.41, 5.74) is 15.5. The van der Waals surface area contributed by atoms with E-state index in [1.54, 1.807) is 26.2 Å². The van der Waals surface area contributed by atoms with E-state index in [0.29, 0.717) is 13.0 Å². The normalized spacial score (nSPS) is 13.5. The standard InChI is InChI=1S/C27H39N5O3/c1-9-17-13-14-19(22(33)21(17)26(34)32(7)8)30-24(28)25(29)31-23(27(4,5)6)18-12-11-16(3)20(15-18)35-10-2/h11-15,23,33H,9-10H2,1-8H3,(H2,28,30)(H2,29,31)/p+1/t23-/m0/s1. The average Bonchev–Trinajstić information content (AvgIpc) is 2.78. The molecule has 0 aliphatic carbocycles. The van der Waals surface area contributed by atoms with Gasteiger partial charge in [0.2, 0.25) is 5.84 Å². The number of nitrogens with zero attached hydrogens (tertiary/aromatic N) is 2. The lowest BCUT2D eigenvalue weighted by Gasteiger charge is -2.26. The van der Waals surface area contributed by atoms with E-state index in [9.17, 15) is 9.90 Å². The molecule has 6 N–H and O–H groups in total. The Bertz CT molecular complexity index is 1130. The number of ether oxygens (including phenoxy) is 1. The fourth-order valence-electron chi connectivity index (χ4n) is 3.80. The van der Waals surface area contributed by atoms with Crippen LogP contribution in [0.4, 0.5) is 5.69 Å². The lowest BCUT2D eigenvalue weighted by Crippen LogP contribution is -2.81. The lowest BCUT2D eigenvalue weighted by molar-refractivity contribution is -0.529. The third-order valence-electron chi connectivity index (χ3n) is 5.77. The number of aliphatic imine (C=N–C) groups is 1. The molecule has 0 aromatic heterocycles. The molecule has 0 heterocycles. The lowest BCUT2D eigenvalue weighted by atomic mass is 9.82. The molecule has 1 atom stereocenters. The van der Waals surface area contributed by atoms with Crippen molar-refractivity contribution in [2.24, 2.45) is 21.9 Å². The van der Waals surface area contributed by atoms with Crippen molar-refractivity contribution in [3.63, 3.8) is 0 Å². The highest BCUT2D eigenvalue weighted by Crippen LogP contribution is 2.34. The van der Waals surface area contributed by atoms with Crippen LogP contribution in [0.1, 0.15) is 67.7 Å². The van der Waals surface area contributed by atoms with Crippen LogP contribution in [0.15, 0.2) is 35.3 Å². The van der Waals surface area contributed by atoms with E-state index in [1.807, 2.05) is 39.0 Å². The first-order chi connectivity index (χ1) is 16.3. The van der Waals surface area contributed by atoms with E-state index in [4.69, 9.17) is 16.2 Å². The van der Waals surface area contributed by atoms with Gasteiger partial charge < -0.3 is 20.5 Å². The molecule has 0 aliphatic heterocycles. The molecule has 35 heavy (non-hydrogen) atoms. The van der Waals surface area contributed by atoms with Gasteiger partial charge in [0.1, 0.15) is 17.5 Å². The fraction of sp³-hybridized carbons (Fsp3) is 0.444. The van der Waals surface area contributed by atoms with E-state index in [-0.39, 0.29) is 46.0 Å². The number of hydrogen-bond acceptors (Lipinski definition) is 4. The van der Waals surface area contributed by atoms with Gasteiger partial charge in [0, 0.05) is 25.1 Å². The third kappa shape index (κ3) is 6.53. The summed E-state index contributed by atoms with van der Waals surface area (Å²) >= 11 is 0. The van der Waals surface area contributed by atoms with Gasteiger partial charge in [-0.1, -0.05) is 45.9 Å². The predicted octanol–water partition coefficient (Wildman–Crippen LogP) is 2.58. The first-order valence-corrected chi connectivity index (χ1v) is 11.8. The van der Waals surface area contributed by atoms with Crippen LogP contribution in [-0.2, 0) is 6.42 Å². The molecule has 0 saturated heterocycles. The van der Waals surface area contributed by atoms with E-state index < -0.39 is 0 Å². The van der Waals surface area contributed by atoms with Gasteiger partial charge in [0.05, 0.1) is 12.2 Å². The Balaban J connectivity index is 2.54. The van der Waals surface area contributed by atoms with Crippen LogP contribution in [-0.4, -0.2) is 48.3 Å².